The number of carbonyl (C=O) groups is 3. The Hall–Kier alpha value is -3.66. The van der Waals surface area contributed by atoms with Crippen molar-refractivity contribution < 1.29 is 23.2 Å². The van der Waals surface area contributed by atoms with Crippen LogP contribution < -0.4 is 22.1 Å². The minimum Gasteiger partial charge on any atom is -0.370 e. The molecule has 2 aromatic carbocycles. The maximum atomic E-state index is 14.6. The molecule has 0 heterocycles. The lowest BCUT2D eigenvalue weighted by molar-refractivity contribution is -0.152. The van der Waals surface area contributed by atoms with Crippen molar-refractivity contribution in [3.8, 4) is 0 Å². The number of alkyl halides is 2. The van der Waals surface area contributed by atoms with Gasteiger partial charge < -0.3 is 22.1 Å². The Labute approximate surface area is 177 Å². The van der Waals surface area contributed by atoms with Crippen molar-refractivity contribution in [1.82, 2.24) is 5.32 Å². The molecule has 10 heteroatoms. The van der Waals surface area contributed by atoms with E-state index < -0.39 is 35.5 Å². The summed E-state index contributed by atoms with van der Waals surface area (Å²) in [4.78, 5) is 36.5. The molecule has 0 spiro atoms. The van der Waals surface area contributed by atoms with Crippen LogP contribution in [0.4, 0.5) is 14.5 Å². The van der Waals surface area contributed by atoms with Crippen molar-refractivity contribution in [2.24, 2.45) is 11.5 Å². The Morgan fingerprint density at radius 1 is 1.06 bits per heavy atom. The molecular formula is C21H23F2N5O3. The smallest absolute Gasteiger partial charge is 0.329 e. The van der Waals surface area contributed by atoms with Crippen LogP contribution in [0.1, 0.15) is 22.8 Å². The molecule has 0 aliphatic carbocycles. The Morgan fingerprint density at radius 2 is 1.65 bits per heavy atom. The molecule has 0 bridgehead atoms. The average Bonchev–Trinajstić information content (AvgIpc) is 2.73. The van der Waals surface area contributed by atoms with E-state index in [2.05, 4.69) is 10.6 Å². The second-order valence-electron chi connectivity index (χ2n) is 6.91. The summed E-state index contributed by atoms with van der Waals surface area (Å²) in [6.07, 6.45) is -0.266. The summed E-state index contributed by atoms with van der Waals surface area (Å²) < 4.78 is 29.2. The van der Waals surface area contributed by atoms with Crippen molar-refractivity contribution in [1.29, 1.82) is 5.41 Å². The molecule has 2 rings (SSSR count). The number of benzene rings is 2. The molecule has 1 amide bonds. The van der Waals surface area contributed by atoms with Crippen molar-refractivity contribution in [2.75, 3.05) is 5.32 Å². The zero-order valence-electron chi connectivity index (χ0n) is 16.7. The lowest BCUT2D eigenvalue weighted by atomic mass is 9.93. The van der Waals surface area contributed by atoms with Gasteiger partial charge in [-0.25, -0.2) is 0 Å². The third kappa shape index (κ3) is 6.16. The molecule has 8 nitrogen and oxygen atoms in total. The number of nitrogens with one attached hydrogen (secondary N) is 3. The van der Waals surface area contributed by atoms with E-state index in [1.54, 1.807) is 18.2 Å². The van der Waals surface area contributed by atoms with E-state index in [4.69, 9.17) is 16.9 Å². The van der Waals surface area contributed by atoms with E-state index >= 15 is 0 Å². The van der Waals surface area contributed by atoms with Crippen LogP contribution in [0.5, 0.6) is 0 Å². The largest absolute Gasteiger partial charge is 0.370 e. The summed E-state index contributed by atoms with van der Waals surface area (Å²) in [5.41, 5.74) is 11.6. The number of Topliss-reactive ketones (excluding diaryl/α,β-unsaturated/α-hetero) is 2. The van der Waals surface area contributed by atoms with Crippen LogP contribution in [0.25, 0.3) is 0 Å². The lowest BCUT2D eigenvalue weighted by Gasteiger charge is -2.26. The topological polar surface area (TPSA) is 151 Å². The Kier molecular flexibility index (Phi) is 7.54. The quantitative estimate of drug-likeness (QED) is 0.299. The zero-order chi connectivity index (χ0) is 23.2. The first-order valence-corrected chi connectivity index (χ1v) is 9.26. The van der Waals surface area contributed by atoms with Crippen LogP contribution in [0.15, 0.2) is 54.6 Å². The van der Waals surface area contributed by atoms with E-state index in [-0.39, 0.29) is 17.9 Å². The number of halogens is 2. The summed E-state index contributed by atoms with van der Waals surface area (Å²) in [6.45, 7) is 0.865. The predicted octanol–water partition coefficient (Wildman–Crippen LogP) is 1.45. The minimum absolute atomic E-state index is 0.181. The maximum absolute atomic E-state index is 14.6. The van der Waals surface area contributed by atoms with Crippen LogP contribution in [0.3, 0.4) is 0 Å². The third-order valence-corrected chi connectivity index (χ3v) is 4.49. The molecule has 0 aromatic heterocycles. The van der Waals surface area contributed by atoms with Gasteiger partial charge in [0.1, 0.15) is 6.04 Å². The standard InChI is InChI=1S/C21H23F2N5O3/c1-12(29)17(24)21(22,23)18(30)16(28-19(31)14-5-3-2-4-6-14)11-13-7-9-15(10-8-13)27-20(25)26/h2-10,16-17H,11,24H2,1H3,(H,28,31)(H4,25,26,27). The first-order valence-electron chi connectivity index (χ1n) is 9.26. The molecule has 0 radical (unpaired) electrons. The fourth-order valence-electron chi connectivity index (χ4n) is 2.80. The maximum Gasteiger partial charge on any atom is 0.329 e. The highest BCUT2D eigenvalue weighted by Crippen LogP contribution is 2.23. The first kappa shape index (κ1) is 23.6. The number of ketones is 2. The van der Waals surface area contributed by atoms with Crippen molar-refractivity contribution in [3.63, 3.8) is 0 Å². The number of guanidine groups is 1. The van der Waals surface area contributed by atoms with E-state index in [9.17, 15) is 23.2 Å². The Bertz CT molecular complexity index is 965. The number of anilines is 1. The van der Waals surface area contributed by atoms with E-state index in [1.165, 1.54) is 36.4 Å². The number of rotatable bonds is 9. The molecular weight excluding hydrogens is 408 g/mol. The molecule has 0 fully saturated rings. The predicted molar refractivity (Wildman–Crippen MR) is 112 cm³/mol. The van der Waals surface area contributed by atoms with Gasteiger partial charge in [-0.3, -0.25) is 19.8 Å². The molecule has 2 atom stereocenters. The second kappa shape index (κ2) is 9.90. The molecule has 164 valence electrons. The molecule has 0 aliphatic rings. The summed E-state index contributed by atoms with van der Waals surface area (Å²) in [5, 5.41) is 12.1. The monoisotopic (exact) mass is 431 g/mol. The van der Waals surface area contributed by atoms with Gasteiger partial charge in [-0.2, -0.15) is 8.78 Å². The molecule has 0 saturated heterocycles. The number of nitrogens with two attached hydrogens (primary N) is 2. The van der Waals surface area contributed by atoms with Gasteiger partial charge in [0.05, 0.1) is 6.04 Å². The normalized spacial score (nSPS) is 13.0. The van der Waals surface area contributed by atoms with Gasteiger partial charge >= 0.3 is 5.92 Å². The van der Waals surface area contributed by atoms with Crippen molar-refractivity contribution in [3.05, 3.63) is 65.7 Å². The lowest BCUT2D eigenvalue weighted by Crippen LogP contribution is -2.58. The molecule has 2 aromatic rings. The number of amides is 1. The van der Waals surface area contributed by atoms with Crippen LogP contribution in [0, 0.1) is 5.41 Å². The van der Waals surface area contributed by atoms with Crippen LogP contribution in [-0.4, -0.2) is 41.4 Å². The van der Waals surface area contributed by atoms with Gasteiger partial charge in [0.15, 0.2) is 11.7 Å². The van der Waals surface area contributed by atoms with Gasteiger partial charge in [0.25, 0.3) is 5.91 Å². The SMILES string of the molecule is CC(=O)C(N)C(F)(F)C(=O)C(Cc1ccc(NC(=N)N)cc1)NC(=O)c1ccccc1. The molecule has 0 aliphatic heterocycles. The Balaban J connectivity index is 2.30. The summed E-state index contributed by atoms with van der Waals surface area (Å²) in [5.74, 6) is -7.89. The van der Waals surface area contributed by atoms with E-state index in [0.717, 1.165) is 6.92 Å². The van der Waals surface area contributed by atoms with E-state index in [0.29, 0.717) is 11.3 Å². The minimum atomic E-state index is -4.17. The summed E-state index contributed by atoms with van der Waals surface area (Å²) in [7, 11) is 0. The fraction of sp³-hybridized carbons (Fsp3) is 0.238. The van der Waals surface area contributed by atoms with Gasteiger partial charge in [-0.05, 0) is 36.8 Å². The zero-order valence-corrected chi connectivity index (χ0v) is 16.7. The highest BCUT2D eigenvalue weighted by molar-refractivity contribution is 6.02. The summed E-state index contributed by atoms with van der Waals surface area (Å²) in [6, 6.07) is 9.98. The van der Waals surface area contributed by atoms with Crippen LogP contribution in [-0.2, 0) is 16.0 Å². The summed E-state index contributed by atoms with van der Waals surface area (Å²) >= 11 is 0. The highest BCUT2D eigenvalue weighted by atomic mass is 19.3. The number of hydrogen-bond acceptors (Lipinski definition) is 5. The van der Waals surface area contributed by atoms with Gasteiger partial charge in [-0.1, -0.05) is 30.3 Å². The molecule has 0 saturated carbocycles. The molecule has 2 unspecified atom stereocenters. The van der Waals surface area contributed by atoms with Crippen LogP contribution in [0.2, 0.25) is 0 Å². The van der Waals surface area contributed by atoms with Crippen LogP contribution >= 0.6 is 0 Å². The Morgan fingerprint density at radius 3 is 2.16 bits per heavy atom. The van der Waals surface area contributed by atoms with Crippen molar-refractivity contribution >= 4 is 29.1 Å². The third-order valence-electron chi connectivity index (χ3n) is 4.49. The first-order chi connectivity index (χ1) is 14.5. The fourth-order valence-corrected chi connectivity index (χ4v) is 2.80. The molecule has 7 N–H and O–H groups in total. The van der Waals surface area contributed by atoms with Gasteiger partial charge in [-0.15, -0.1) is 0 Å². The average molecular weight is 431 g/mol. The van der Waals surface area contributed by atoms with Gasteiger partial charge in [0, 0.05) is 17.7 Å². The highest BCUT2D eigenvalue weighted by Gasteiger charge is 2.50. The number of carbonyl (C=O) groups excluding carboxylic acids is 3. The molecule has 31 heavy (non-hydrogen) atoms. The van der Waals surface area contributed by atoms with E-state index in [1.807, 2.05) is 0 Å². The van der Waals surface area contributed by atoms with Gasteiger partial charge in [0.2, 0.25) is 5.78 Å². The second-order valence-corrected chi connectivity index (χ2v) is 6.91. The number of hydrogen-bond donors (Lipinski definition) is 5. The van der Waals surface area contributed by atoms with Crippen molar-refractivity contribution in [2.45, 2.75) is 31.4 Å².